The van der Waals surface area contributed by atoms with Gasteiger partial charge in [0, 0.05) is 32.4 Å². The summed E-state index contributed by atoms with van der Waals surface area (Å²) in [5.74, 6) is 1.34. The maximum atomic E-state index is 12.1. The zero-order chi connectivity index (χ0) is 15.4. The van der Waals surface area contributed by atoms with Crippen molar-refractivity contribution in [3.05, 3.63) is 36.2 Å². The molecule has 0 spiro atoms. The summed E-state index contributed by atoms with van der Waals surface area (Å²) in [6, 6.07) is 3.88. The predicted molar refractivity (Wildman–Crippen MR) is 81.4 cm³/mol. The first-order valence-corrected chi connectivity index (χ1v) is 7.28. The van der Waals surface area contributed by atoms with Crippen LogP contribution in [0.5, 0.6) is 0 Å². The van der Waals surface area contributed by atoms with Gasteiger partial charge in [-0.25, -0.2) is 9.78 Å². The van der Waals surface area contributed by atoms with Crippen LogP contribution in [0.4, 0.5) is 10.5 Å². The van der Waals surface area contributed by atoms with Gasteiger partial charge in [0.15, 0.2) is 5.82 Å². The van der Waals surface area contributed by atoms with Gasteiger partial charge in [-0.15, -0.1) is 0 Å². The molecular weight excluding hydrogens is 282 g/mol. The molecule has 1 saturated heterocycles. The number of carbonyl (C=O) groups excluding carboxylic acids is 1. The van der Waals surface area contributed by atoms with Crippen LogP contribution < -0.4 is 10.2 Å². The number of piperazine rings is 1. The number of rotatable bonds is 3. The molecule has 3 rings (SSSR count). The van der Waals surface area contributed by atoms with E-state index in [9.17, 15) is 4.79 Å². The molecule has 0 aliphatic carbocycles. The van der Waals surface area contributed by atoms with Gasteiger partial charge in [0.25, 0.3) is 0 Å². The van der Waals surface area contributed by atoms with E-state index in [1.165, 1.54) is 0 Å². The first-order valence-electron chi connectivity index (χ1n) is 7.28. The normalized spacial score (nSPS) is 15.0. The Hall–Kier alpha value is -2.64. The number of H-pyrrole nitrogens is 1. The van der Waals surface area contributed by atoms with Crippen LogP contribution in [0.15, 0.2) is 24.5 Å². The van der Waals surface area contributed by atoms with Crippen molar-refractivity contribution in [1.82, 2.24) is 30.4 Å². The van der Waals surface area contributed by atoms with E-state index >= 15 is 0 Å². The first kappa shape index (κ1) is 14.3. The van der Waals surface area contributed by atoms with Crippen molar-refractivity contribution in [2.24, 2.45) is 0 Å². The fourth-order valence-corrected chi connectivity index (χ4v) is 2.44. The number of carbonyl (C=O) groups is 1. The van der Waals surface area contributed by atoms with Gasteiger partial charge >= 0.3 is 6.03 Å². The number of pyridine rings is 1. The summed E-state index contributed by atoms with van der Waals surface area (Å²) in [5.41, 5.74) is 1.10. The van der Waals surface area contributed by atoms with E-state index in [0.717, 1.165) is 24.6 Å². The van der Waals surface area contributed by atoms with Crippen LogP contribution in [0.2, 0.25) is 0 Å². The minimum atomic E-state index is -0.0757. The van der Waals surface area contributed by atoms with E-state index in [2.05, 4.69) is 30.4 Å². The number of nitrogens with zero attached hydrogens (tertiary/aromatic N) is 5. The Labute approximate surface area is 128 Å². The number of anilines is 1. The summed E-state index contributed by atoms with van der Waals surface area (Å²) in [5, 5.41) is 9.61. The molecular formula is C14H19N7O. The lowest BCUT2D eigenvalue weighted by Crippen LogP contribution is -2.51. The van der Waals surface area contributed by atoms with E-state index in [-0.39, 0.29) is 6.03 Å². The fraction of sp³-hybridized carbons (Fsp3) is 0.429. The minimum Gasteiger partial charge on any atom is -0.367 e. The van der Waals surface area contributed by atoms with Crippen molar-refractivity contribution < 1.29 is 4.79 Å². The van der Waals surface area contributed by atoms with Gasteiger partial charge in [-0.2, -0.15) is 5.10 Å². The maximum Gasteiger partial charge on any atom is 0.317 e. The number of hydrogen-bond donors (Lipinski definition) is 2. The number of aryl methyl sites for hydroxylation is 1. The number of aromatic amines is 1. The van der Waals surface area contributed by atoms with Gasteiger partial charge in [0.2, 0.25) is 0 Å². The van der Waals surface area contributed by atoms with Crippen LogP contribution in [0.25, 0.3) is 0 Å². The van der Waals surface area contributed by atoms with Crippen LogP contribution >= 0.6 is 0 Å². The van der Waals surface area contributed by atoms with Gasteiger partial charge in [-0.1, -0.05) is 0 Å². The van der Waals surface area contributed by atoms with Crippen LogP contribution in [-0.4, -0.2) is 57.3 Å². The lowest BCUT2D eigenvalue weighted by Gasteiger charge is -2.35. The highest BCUT2D eigenvalue weighted by molar-refractivity contribution is 5.74. The summed E-state index contributed by atoms with van der Waals surface area (Å²) in [6.07, 6.45) is 3.61. The molecule has 2 aromatic rings. The van der Waals surface area contributed by atoms with Crippen LogP contribution in [-0.2, 0) is 6.54 Å². The summed E-state index contributed by atoms with van der Waals surface area (Å²) >= 11 is 0. The van der Waals surface area contributed by atoms with Crippen LogP contribution in [0.3, 0.4) is 0 Å². The Morgan fingerprint density at radius 2 is 2.18 bits per heavy atom. The molecule has 0 unspecified atom stereocenters. The van der Waals surface area contributed by atoms with Crippen molar-refractivity contribution in [2.45, 2.75) is 13.5 Å². The molecule has 0 radical (unpaired) electrons. The van der Waals surface area contributed by atoms with Gasteiger partial charge in [0.1, 0.15) is 5.82 Å². The van der Waals surface area contributed by atoms with Gasteiger partial charge in [0.05, 0.1) is 18.4 Å². The third-order valence-corrected chi connectivity index (χ3v) is 3.62. The van der Waals surface area contributed by atoms with E-state index in [4.69, 9.17) is 0 Å². The molecule has 2 aromatic heterocycles. The van der Waals surface area contributed by atoms with Crippen molar-refractivity contribution >= 4 is 11.7 Å². The SMILES string of the molecule is Cc1nc(CNC(=O)N2CCN(c3cccnc3)CC2)n[nH]1. The molecule has 8 heteroatoms. The quantitative estimate of drug-likeness (QED) is 0.863. The van der Waals surface area contributed by atoms with E-state index in [0.29, 0.717) is 25.5 Å². The Bertz CT molecular complexity index is 619. The topological polar surface area (TPSA) is 90.0 Å². The molecule has 0 saturated carbocycles. The zero-order valence-electron chi connectivity index (χ0n) is 12.5. The number of urea groups is 1. The summed E-state index contributed by atoms with van der Waals surface area (Å²) in [7, 11) is 0. The Morgan fingerprint density at radius 3 is 2.82 bits per heavy atom. The number of amides is 2. The van der Waals surface area contributed by atoms with Gasteiger partial charge < -0.3 is 15.1 Å². The molecule has 0 bridgehead atoms. The lowest BCUT2D eigenvalue weighted by atomic mass is 10.3. The molecule has 1 fully saturated rings. The number of nitrogens with one attached hydrogen (secondary N) is 2. The highest BCUT2D eigenvalue weighted by Gasteiger charge is 2.21. The molecule has 2 N–H and O–H groups in total. The summed E-state index contributed by atoms with van der Waals surface area (Å²) in [6.45, 7) is 5.15. The fourth-order valence-electron chi connectivity index (χ4n) is 2.44. The van der Waals surface area contributed by atoms with Crippen molar-refractivity contribution in [1.29, 1.82) is 0 Å². The molecule has 116 valence electrons. The summed E-state index contributed by atoms with van der Waals surface area (Å²) < 4.78 is 0. The summed E-state index contributed by atoms with van der Waals surface area (Å²) in [4.78, 5) is 24.5. The predicted octanol–water partition coefficient (Wildman–Crippen LogP) is 0.540. The molecule has 2 amide bonds. The molecule has 1 aliphatic rings. The third-order valence-electron chi connectivity index (χ3n) is 3.62. The zero-order valence-corrected chi connectivity index (χ0v) is 12.5. The highest BCUT2D eigenvalue weighted by atomic mass is 16.2. The van der Waals surface area contributed by atoms with Crippen molar-refractivity contribution in [3.63, 3.8) is 0 Å². The standard InChI is InChI=1S/C14H19N7O/c1-11-17-13(19-18-11)10-16-14(22)21-7-5-20(6-8-21)12-3-2-4-15-9-12/h2-4,9H,5-8,10H2,1H3,(H,16,22)(H,17,18,19). The number of hydrogen-bond acceptors (Lipinski definition) is 5. The van der Waals surface area contributed by atoms with Crippen molar-refractivity contribution in [3.8, 4) is 0 Å². The van der Waals surface area contributed by atoms with E-state index in [1.807, 2.05) is 30.2 Å². The van der Waals surface area contributed by atoms with Crippen molar-refractivity contribution in [2.75, 3.05) is 31.1 Å². The Balaban J connectivity index is 1.47. The molecule has 22 heavy (non-hydrogen) atoms. The highest BCUT2D eigenvalue weighted by Crippen LogP contribution is 2.14. The average Bonchev–Trinajstić information content (AvgIpc) is 2.99. The second-order valence-corrected chi connectivity index (χ2v) is 5.18. The molecule has 3 heterocycles. The van der Waals surface area contributed by atoms with Crippen LogP contribution in [0, 0.1) is 6.92 Å². The third kappa shape index (κ3) is 3.33. The lowest BCUT2D eigenvalue weighted by molar-refractivity contribution is 0.193. The second-order valence-electron chi connectivity index (χ2n) is 5.18. The minimum absolute atomic E-state index is 0.0757. The van der Waals surface area contributed by atoms with Gasteiger partial charge in [-0.05, 0) is 19.1 Å². The largest absolute Gasteiger partial charge is 0.367 e. The van der Waals surface area contributed by atoms with Crippen LogP contribution in [0.1, 0.15) is 11.6 Å². The number of aromatic nitrogens is 4. The molecule has 1 aliphatic heterocycles. The molecule has 0 atom stereocenters. The molecule has 8 nitrogen and oxygen atoms in total. The van der Waals surface area contributed by atoms with E-state index < -0.39 is 0 Å². The Kier molecular flexibility index (Phi) is 4.17. The maximum absolute atomic E-state index is 12.1. The van der Waals surface area contributed by atoms with E-state index in [1.54, 1.807) is 6.20 Å². The Morgan fingerprint density at radius 1 is 1.36 bits per heavy atom. The monoisotopic (exact) mass is 301 g/mol. The average molecular weight is 301 g/mol. The molecule has 0 aromatic carbocycles. The first-order chi connectivity index (χ1) is 10.7. The second kappa shape index (κ2) is 6.42. The smallest absolute Gasteiger partial charge is 0.317 e. The van der Waals surface area contributed by atoms with Gasteiger partial charge in [-0.3, -0.25) is 10.1 Å².